The van der Waals surface area contributed by atoms with Gasteiger partial charge in [-0.05, 0) is 61.9 Å². The summed E-state index contributed by atoms with van der Waals surface area (Å²) < 4.78 is 13.0. The number of benzene rings is 3. The molecule has 3 aromatic rings. The molecule has 33 heavy (non-hydrogen) atoms. The van der Waals surface area contributed by atoms with E-state index in [1.165, 1.54) is 6.07 Å². The Morgan fingerprint density at radius 3 is 2.67 bits per heavy atom. The largest absolute Gasteiger partial charge is 0.491 e. The molecular weight excluding hydrogens is 486 g/mol. The van der Waals surface area contributed by atoms with Crippen molar-refractivity contribution in [2.24, 2.45) is 5.10 Å². The maximum atomic E-state index is 11.3. The van der Waals surface area contributed by atoms with Crippen LogP contribution in [0.5, 0.6) is 11.5 Å². The highest BCUT2D eigenvalue weighted by Gasteiger charge is 2.41. The van der Waals surface area contributed by atoms with Crippen LogP contribution in [0.2, 0.25) is 0 Å². The molecule has 0 saturated carbocycles. The fraction of sp³-hybridized carbons (Fsp3) is 0.240. The summed E-state index contributed by atoms with van der Waals surface area (Å²) in [6.07, 6.45) is 0.240. The fourth-order valence-electron chi connectivity index (χ4n) is 4.24. The number of nitro groups is 1. The van der Waals surface area contributed by atoms with Gasteiger partial charge in [-0.1, -0.05) is 28.1 Å². The number of nitro benzene ring substituents is 1. The zero-order valence-electron chi connectivity index (χ0n) is 18.1. The number of non-ortho nitro benzene ring substituents is 1. The van der Waals surface area contributed by atoms with Gasteiger partial charge in [0.05, 0.1) is 22.8 Å². The van der Waals surface area contributed by atoms with Gasteiger partial charge in [0, 0.05) is 34.2 Å². The second kappa shape index (κ2) is 8.51. The van der Waals surface area contributed by atoms with Crippen LogP contribution in [0.1, 0.15) is 49.2 Å². The molecule has 5 rings (SSSR count). The molecule has 0 spiro atoms. The van der Waals surface area contributed by atoms with E-state index >= 15 is 0 Å². The minimum Gasteiger partial charge on any atom is -0.491 e. The number of hydrogen-bond acceptors (Lipinski definition) is 6. The minimum atomic E-state index is -0.565. The smallest absolute Gasteiger partial charge is 0.269 e. The molecule has 0 N–H and O–H groups in total. The van der Waals surface area contributed by atoms with Crippen molar-refractivity contribution in [3.63, 3.8) is 0 Å². The standard InChI is InChI=1S/C25H22BrN3O4/c1-15(2)32-20-9-6-16(7-10-20)22-14-23-21-13-18(26)8-11-24(21)33-25(28(23)27-22)17-4-3-5-19(12-17)29(30)31/h3-13,15,23,25H,14H2,1-2H3/t23-,25-/m0/s1. The molecule has 7 nitrogen and oxygen atoms in total. The van der Waals surface area contributed by atoms with Crippen molar-refractivity contribution in [2.45, 2.75) is 38.6 Å². The molecular formula is C25H22BrN3O4. The van der Waals surface area contributed by atoms with Crippen LogP contribution in [-0.4, -0.2) is 21.7 Å². The van der Waals surface area contributed by atoms with Gasteiger partial charge in [-0.3, -0.25) is 10.1 Å². The van der Waals surface area contributed by atoms with Crippen LogP contribution in [-0.2, 0) is 0 Å². The normalized spacial score (nSPS) is 18.9. The van der Waals surface area contributed by atoms with Crippen LogP contribution in [0, 0.1) is 10.1 Å². The Morgan fingerprint density at radius 1 is 1.15 bits per heavy atom. The van der Waals surface area contributed by atoms with E-state index in [2.05, 4.69) is 22.0 Å². The molecule has 8 heteroatoms. The van der Waals surface area contributed by atoms with Gasteiger partial charge in [-0.25, -0.2) is 5.01 Å². The number of fused-ring (bicyclic) bond motifs is 3. The van der Waals surface area contributed by atoms with Gasteiger partial charge in [0.2, 0.25) is 6.23 Å². The zero-order valence-corrected chi connectivity index (χ0v) is 19.7. The number of nitrogens with zero attached hydrogens (tertiary/aromatic N) is 3. The van der Waals surface area contributed by atoms with Gasteiger partial charge in [-0.2, -0.15) is 5.10 Å². The first-order valence-electron chi connectivity index (χ1n) is 10.7. The van der Waals surface area contributed by atoms with Crippen molar-refractivity contribution in [1.29, 1.82) is 0 Å². The number of halogens is 1. The third-order valence-electron chi connectivity index (χ3n) is 5.68. The summed E-state index contributed by atoms with van der Waals surface area (Å²) in [4.78, 5) is 10.9. The van der Waals surface area contributed by atoms with E-state index in [1.54, 1.807) is 12.1 Å². The summed E-state index contributed by atoms with van der Waals surface area (Å²) in [5.74, 6) is 1.57. The third-order valence-corrected chi connectivity index (χ3v) is 6.17. The minimum absolute atomic E-state index is 0.0263. The van der Waals surface area contributed by atoms with Crippen molar-refractivity contribution < 1.29 is 14.4 Å². The second-order valence-electron chi connectivity index (χ2n) is 8.34. The Bertz CT molecular complexity index is 1240. The summed E-state index contributed by atoms with van der Waals surface area (Å²) >= 11 is 3.56. The van der Waals surface area contributed by atoms with E-state index < -0.39 is 11.2 Å². The van der Waals surface area contributed by atoms with E-state index in [1.807, 2.05) is 61.3 Å². The van der Waals surface area contributed by atoms with E-state index in [-0.39, 0.29) is 17.8 Å². The molecule has 0 aromatic heterocycles. The first kappa shape index (κ1) is 21.5. The first-order chi connectivity index (χ1) is 15.9. The Hall–Kier alpha value is -3.39. The maximum Gasteiger partial charge on any atom is 0.269 e. The van der Waals surface area contributed by atoms with E-state index in [9.17, 15) is 10.1 Å². The molecule has 2 atom stereocenters. The molecule has 0 fully saturated rings. The Balaban J connectivity index is 1.54. The molecule has 0 saturated heterocycles. The maximum absolute atomic E-state index is 11.3. The van der Waals surface area contributed by atoms with Gasteiger partial charge in [-0.15, -0.1) is 0 Å². The molecule has 0 unspecified atom stereocenters. The second-order valence-corrected chi connectivity index (χ2v) is 9.26. The summed E-state index contributed by atoms with van der Waals surface area (Å²) in [7, 11) is 0. The van der Waals surface area contributed by atoms with E-state index in [0.29, 0.717) is 12.0 Å². The average molecular weight is 508 g/mol. The lowest BCUT2D eigenvalue weighted by molar-refractivity contribution is -0.385. The van der Waals surface area contributed by atoms with E-state index in [4.69, 9.17) is 14.6 Å². The SMILES string of the molecule is CC(C)Oc1ccc(C2=NN3[C@@H](C2)c2cc(Br)ccc2O[C@H]3c2cccc([N+](=O)[O-])c2)cc1. The van der Waals surface area contributed by atoms with Crippen molar-refractivity contribution in [2.75, 3.05) is 0 Å². The molecule has 0 bridgehead atoms. The molecule has 2 aliphatic rings. The topological polar surface area (TPSA) is 77.2 Å². The highest BCUT2D eigenvalue weighted by atomic mass is 79.9. The van der Waals surface area contributed by atoms with Crippen LogP contribution in [0.15, 0.2) is 76.3 Å². The summed E-state index contributed by atoms with van der Waals surface area (Å²) in [5.41, 5.74) is 3.69. The lowest BCUT2D eigenvalue weighted by atomic mass is 9.96. The summed E-state index contributed by atoms with van der Waals surface area (Å²) in [6, 6.07) is 20.3. The van der Waals surface area contributed by atoms with Crippen molar-refractivity contribution in [3.05, 3.63) is 98.0 Å². The molecule has 3 aromatic carbocycles. The van der Waals surface area contributed by atoms with Crippen molar-refractivity contribution in [1.82, 2.24) is 5.01 Å². The molecule has 0 amide bonds. The number of ether oxygens (including phenoxy) is 2. The lowest BCUT2D eigenvalue weighted by Crippen LogP contribution is -2.33. The molecule has 2 heterocycles. The Morgan fingerprint density at radius 2 is 1.94 bits per heavy atom. The average Bonchev–Trinajstić information content (AvgIpc) is 3.24. The number of hydrazone groups is 1. The highest BCUT2D eigenvalue weighted by Crippen LogP contribution is 2.48. The first-order valence-corrected chi connectivity index (χ1v) is 11.5. The Kier molecular flexibility index (Phi) is 5.54. The summed E-state index contributed by atoms with van der Waals surface area (Å²) in [5, 5.41) is 18.2. The fourth-order valence-corrected chi connectivity index (χ4v) is 4.62. The highest BCUT2D eigenvalue weighted by molar-refractivity contribution is 9.10. The van der Waals surface area contributed by atoms with Gasteiger partial charge >= 0.3 is 0 Å². The molecule has 2 aliphatic heterocycles. The third kappa shape index (κ3) is 4.18. The van der Waals surface area contributed by atoms with E-state index in [0.717, 1.165) is 32.8 Å². The quantitative estimate of drug-likeness (QED) is 0.295. The Labute approximate surface area is 199 Å². The molecule has 0 aliphatic carbocycles. The molecule has 0 radical (unpaired) electrons. The van der Waals surface area contributed by atoms with Gasteiger partial charge in [0.15, 0.2) is 0 Å². The predicted octanol–water partition coefficient (Wildman–Crippen LogP) is 6.39. The van der Waals surface area contributed by atoms with Crippen molar-refractivity contribution in [3.8, 4) is 11.5 Å². The lowest BCUT2D eigenvalue weighted by Gasteiger charge is -2.38. The van der Waals surface area contributed by atoms with Crippen LogP contribution < -0.4 is 9.47 Å². The van der Waals surface area contributed by atoms with Gasteiger partial charge < -0.3 is 9.47 Å². The van der Waals surface area contributed by atoms with Crippen LogP contribution in [0.4, 0.5) is 5.69 Å². The monoisotopic (exact) mass is 507 g/mol. The van der Waals surface area contributed by atoms with Crippen LogP contribution in [0.3, 0.4) is 0 Å². The van der Waals surface area contributed by atoms with Gasteiger partial charge in [0.1, 0.15) is 11.5 Å². The van der Waals surface area contributed by atoms with Crippen molar-refractivity contribution >= 4 is 27.3 Å². The number of rotatable bonds is 5. The zero-order chi connectivity index (χ0) is 23.1. The number of hydrogen-bond donors (Lipinski definition) is 0. The van der Waals surface area contributed by atoms with Crippen LogP contribution in [0.25, 0.3) is 0 Å². The van der Waals surface area contributed by atoms with Crippen LogP contribution >= 0.6 is 15.9 Å². The van der Waals surface area contributed by atoms with Gasteiger partial charge in [0.25, 0.3) is 5.69 Å². The molecule has 168 valence electrons. The summed E-state index contributed by atoms with van der Waals surface area (Å²) in [6.45, 7) is 3.99. The predicted molar refractivity (Wildman–Crippen MR) is 129 cm³/mol.